The van der Waals surface area contributed by atoms with E-state index in [-0.39, 0.29) is 5.56 Å². The zero-order valence-corrected chi connectivity index (χ0v) is 15.0. The average Bonchev–Trinajstić information content (AvgIpc) is 2.92. The van der Waals surface area contributed by atoms with Crippen LogP contribution in [0.1, 0.15) is 37.6 Å². The molecule has 1 aliphatic carbocycles. The Bertz CT molecular complexity index is 950. The highest BCUT2D eigenvalue weighted by Crippen LogP contribution is 2.42. The van der Waals surface area contributed by atoms with Crippen LogP contribution in [0.2, 0.25) is 0 Å². The minimum atomic E-state index is -0.0226. The van der Waals surface area contributed by atoms with Crippen LogP contribution in [0.25, 0.3) is 21.6 Å². The molecule has 4 nitrogen and oxygen atoms in total. The number of H-pyrrole nitrogens is 1. The van der Waals surface area contributed by atoms with Crippen LogP contribution in [0.4, 0.5) is 0 Å². The van der Waals surface area contributed by atoms with E-state index in [0.29, 0.717) is 17.2 Å². The number of aryl methyl sites for hydroxylation is 1. The molecule has 1 N–H and O–H groups in total. The first-order chi connectivity index (χ1) is 11.4. The van der Waals surface area contributed by atoms with Crippen LogP contribution in [0.15, 0.2) is 29.3 Å². The Balaban J connectivity index is 1.83. The number of hydrogen-bond donors (Lipinski definition) is 1. The number of rotatable bonds is 1. The summed E-state index contributed by atoms with van der Waals surface area (Å²) in [5.41, 5.74) is 2.34. The molecule has 1 unspecified atom stereocenters. The number of aromatic nitrogens is 3. The van der Waals surface area contributed by atoms with Gasteiger partial charge in [0.2, 0.25) is 0 Å². The average molecular weight is 339 g/mol. The summed E-state index contributed by atoms with van der Waals surface area (Å²) in [4.78, 5) is 26.7. The second-order valence-electron chi connectivity index (χ2n) is 7.65. The molecule has 4 rings (SSSR count). The van der Waals surface area contributed by atoms with Gasteiger partial charge in [-0.1, -0.05) is 20.8 Å². The SMILES string of the molecule is CC(C)(C)C1CCc2c(sc3nc(-c4cccnc4)[nH]c(=O)c23)C1. The lowest BCUT2D eigenvalue weighted by molar-refractivity contribution is 0.218. The lowest BCUT2D eigenvalue weighted by atomic mass is 9.72. The Hall–Kier alpha value is -2.01. The van der Waals surface area contributed by atoms with Gasteiger partial charge in [-0.3, -0.25) is 9.78 Å². The first-order valence-corrected chi connectivity index (χ1v) is 9.20. The number of fused-ring (bicyclic) bond motifs is 3. The topological polar surface area (TPSA) is 58.6 Å². The maximum atomic E-state index is 12.7. The molecule has 0 saturated heterocycles. The first kappa shape index (κ1) is 15.5. The fourth-order valence-corrected chi connectivity index (χ4v) is 4.86. The molecular formula is C19H21N3OS. The molecule has 124 valence electrons. The molecule has 0 bridgehead atoms. The van der Waals surface area contributed by atoms with Gasteiger partial charge < -0.3 is 4.98 Å². The highest BCUT2D eigenvalue weighted by Gasteiger charge is 2.31. The standard InChI is InChI=1S/C19H21N3OS/c1-19(2,3)12-6-7-13-14(9-12)24-18-15(13)17(23)21-16(22-18)11-5-4-8-20-10-11/h4-5,8,10,12H,6-7,9H2,1-3H3,(H,21,22,23). The van der Waals surface area contributed by atoms with E-state index in [9.17, 15) is 4.79 Å². The highest BCUT2D eigenvalue weighted by molar-refractivity contribution is 7.18. The van der Waals surface area contributed by atoms with Crippen molar-refractivity contribution in [2.24, 2.45) is 11.3 Å². The third-order valence-electron chi connectivity index (χ3n) is 5.08. The molecule has 0 aliphatic heterocycles. The number of nitrogens with one attached hydrogen (secondary N) is 1. The number of thiophene rings is 1. The van der Waals surface area contributed by atoms with Gasteiger partial charge in [0.25, 0.3) is 5.56 Å². The normalized spacial score (nSPS) is 17.9. The molecule has 0 radical (unpaired) electrons. The van der Waals surface area contributed by atoms with Crippen molar-refractivity contribution >= 4 is 21.6 Å². The summed E-state index contributed by atoms with van der Waals surface area (Å²) in [6.07, 6.45) is 6.63. The third-order valence-corrected chi connectivity index (χ3v) is 6.23. The van der Waals surface area contributed by atoms with Crippen LogP contribution < -0.4 is 5.56 Å². The molecule has 3 aromatic heterocycles. The van der Waals surface area contributed by atoms with Crippen molar-refractivity contribution in [3.63, 3.8) is 0 Å². The molecule has 3 aromatic rings. The van der Waals surface area contributed by atoms with Crippen molar-refractivity contribution < 1.29 is 0 Å². The molecule has 1 atom stereocenters. The molecule has 24 heavy (non-hydrogen) atoms. The Labute approximate surface area is 145 Å². The van der Waals surface area contributed by atoms with E-state index in [1.165, 1.54) is 10.4 Å². The zero-order chi connectivity index (χ0) is 16.9. The lowest BCUT2D eigenvalue weighted by Crippen LogP contribution is -2.26. The van der Waals surface area contributed by atoms with Crippen molar-refractivity contribution in [1.82, 2.24) is 15.0 Å². The number of aromatic amines is 1. The van der Waals surface area contributed by atoms with Crippen LogP contribution in [-0.4, -0.2) is 15.0 Å². The van der Waals surface area contributed by atoms with Gasteiger partial charge in [-0.2, -0.15) is 0 Å². The van der Waals surface area contributed by atoms with E-state index in [1.807, 2.05) is 12.1 Å². The number of hydrogen-bond acceptors (Lipinski definition) is 4. The second kappa shape index (κ2) is 5.52. The fourth-order valence-electron chi connectivity index (χ4n) is 3.56. The summed E-state index contributed by atoms with van der Waals surface area (Å²) in [5.74, 6) is 1.27. The first-order valence-electron chi connectivity index (χ1n) is 8.38. The summed E-state index contributed by atoms with van der Waals surface area (Å²) in [5, 5.41) is 0.801. The molecule has 0 saturated carbocycles. The van der Waals surface area contributed by atoms with E-state index in [1.54, 1.807) is 23.7 Å². The smallest absolute Gasteiger partial charge is 0.260 e. The van der Waals surface area contributed by atoms with E-state index < -0.39 is 0 Å². The second-order valence-corrected chi connectivity index (χ2v) is 8.73. The quantitative estimate of drug-likeness (QED) is 0.723. The number of pyridine rings is 1. The van der Waals surface area contributed by atoms with Crippen LogP contribution in [0, 0.1) is 11.3 Å². The predicted molar refractivity (Wildman–Crippen MR) is 98.4 cm³/mol. The van der Waals surface area contributed by atoms with E-state index in [4.69, 9.17) is 4.98 Å². The third kappa shape index (κ3) is 2.57. The van der Waals surface area contributed by atoms with Crippen LogP contribution in [0.5, 0.6) is 0 Å². The van der Waals surface area contributed by atoms with E-state index >= 15 is 0 Å². The maximum Gasteiger partial charge on any atom is 0.260 e. The van der Waals surface area contributed by atoms with Gasteiger partial charge in [0.15, 0.2) is 0 Å². The summed E-state index contributed by atoms with van der Waals surface area (Å²) in [6.45, 7) is 6.92. The highest BCUT2D eigenvalue weighted by atomic mass is 32.1. The van der Waals surface area contributed by atoms with Crippen molar-refractivity contribution in [2.45, 2.75) is 40.0 Å². The van der Waals surface area contributed by atoms with Crippen molar-refractivity contribution in [2.75, 3.05) is 0 Å². The lowest BCUT2D eigenvalue weighted by Gasteiger charge is -2.33. The van der Waals surface area contributed by atoms with Crippen LogP contribution in [-0.2, 0) is 12.8 Å². The predicted octanol–water partition coefficient (Wildman–Crippen LogP) is 4.20. The molecule has 3 heterocycles. The van der Waals surface area contributed by atoms with Crippen LogP contribution in [0.3, 0.4) is 0 Å². The van der Waals surface area contributed by atoms with Gasteiger partial charge in [-0.05, 0) is 48.3 Å². The van der Waals surface area contributed by atoms with Crippen molar-refractivity contribution in [3.8, 4) is 11.4 Å². The van der Waals surface area contributed by atoms with Crippen molar-refractivity contribution in [1.29, 1.82) is 0 Å². The zero-order valence-electron chi connectivity index (χ0n) is 14.2. The van der Waals surface area contributed by atoms with E-state index in [0.717, 1.165) is 35.0 Å². The minimum Gasteiger partial charge on any atom is -0.306 e. The molecule has 5 heteroatoms. The summed E-state index contributed by atoms with van der Waals surface area (Å²) in [7, 11) is 0. The molecule has 1 aliphatic rings. The van der Waals surface area contributed by atoms with Gasteiger partial charge in [0.05, 0.1) is 5.39 Å². The Kier molecular flexibility index (Phi) is 3.57. The summed E-state index contributed by atoms with van der Waals surface area (Å²) >= 11 is 1.69. The summed E-state index contributed by atoms with van der Waals surface area (Å²) in [6, 6.07) is 3.77. The van der Waals surface area contributed by atoms with Gasteiger partial charge in [-0.25, -0.2) is 4.98 Å². The Morgan fingerprint density at radius 3 is 2.88 bits per heavy atom. The van der Waals surface area contributed by atoms with Gasteiger partial charge in [0, 0.05) is 22.8 Å². The fraction of sp³-hybridized carbons (Fsp3) is 0.421. The summed E-state index contributed by atoms with van der Waals surface area (Å²) < 4.78 is 0. The van der Waals surface area contributed by atoms with Crippen molar-refractivity contribution in [3.05, 3.63) is 45.3 Å². The molecule has 0 spiro atoms. The Morgan fingerprint density at radius 1 is 1.33 bits per heavy atom. The van der Waals surface area contributed by atoms with Gasteiger partial charge in [-0.15, -0.1) is 11.3 Å². The Morgan fingerprint density at radius 2 is 2.17 bits per heavy atom. The van der Waals surface area contributed by atoms with Crippen LogP contribution >= 0.6 is 11.3 Å². The number of nitrogens with zero attached hydrogens (tertiary/aromatic N) is 2. The van der Waals surface area contributed by atoms with Gasteiger partial charge in [0.1, 0.15) is 10.7 Å². The molecule has 0 aromatic carbocycles. The van der Waals surface area contributed by atoms with E-state index in [2.05, 4.69) is 30.7 Å². The minimum absolute atomic E-state index is 0.0226. The molecule has 0 fully saturated rings. The monoisotopic (exact) mass is 339 g/mol. The van der Waals surface area contributed by atoms with Gasteiger partial charge >= 0.3 is 0 Å². The maximum absolute atomic E-state index is 12.7. The largest absolute Gasteiger partial charge is 0.306 e. The molecule has 0 amide bonds. The molecular weight excluding hydrogens is 318 g/mol.